The monoisotopic (exact) mass is 328 g/mol. The number of carbonyl (C=O) groups is 1. The normalized spacial score (nSPS) is 14.3. The SMILES string of the molecule is CC(C)(O)C(=O)c1ccc(OCCOC(CO)C(O)CO)cc1. The van der Waals surface area contributed by atoms with Gasteiger partial charge in [-0.05, 0) is 38.1 Å². The Morgan fingerprint density at radius 1 is 1.13 bits per heavy atom. The maximum absolute atomic E-state index is 11.9. The van der Waals surface area contributed by atoms with Crippen molar-refractivity contribution in [1.82, 2.24) is 0 Å². The van der Waals surface area contributed by atoms with E-state index in [9.17, 15) is 15.0 Å². The Balaban J connectivity index is 2.43. The van der Waals surface area contributed by atoms with Crippen LogP contribution in [0.1, 0.15) is 24.2 Å². The number of carbonyl (C=O) groups excluding carboxylic acids is 1. The zero-order valence-corrected chi connectivity index (χ0v) is 13.3. The molecule has 0 amide bonds. The molecule has 23 heavy (non-hydrogen) atoms. The first-order valence-electron chi connectivity index (χ1n) is 7.31. The lowest BCUT2D eigenvalue weighted by Crippen LogP contribution is -2.36. The largest absolute Gasteiger partial charge is 0.491 e. The van der Waals surface area contributed by atoms with E-state index in [1.807, 2.05) is 0 Å². The van der Waals surface area contributed by atoms with Crippen LogP contribution < -0.4 is 4.74 Å². The molecule has 130 valence electrons. The smallest absolute Gasteiger partial charge is 0.193 e. The Kier molecular flexibility index (Phi) is 7.60. The van der Waals surface area contributed by atoms with E-state index >= 15 is 0 Å². The lowest BCUT2D eigenvalue weighted by atomic mass is 9.97. The van der Waals surface area contributed by atoms with Crippen LogP contribution in [0.2, 0.25) is 0 Å². The lowest BCUT2D eigenvalue weighted by molar-refractivity contribution is -0.0843. The minimum atomic E-state index is -1.43. The fraction of sp³-hybridized carbons (Fsp3) is 0.562. The number of ketones is 1. The molecule has 4 N–H and O–H groups in total. The maximum atomic E-state index is 11.9. The Morgan fingerprint density at radius 2 is 1.74 bits per heavy atom. The Morgan fingerprint density at radius 3 is 2.22 bits per heavy atom. The van der Waals surface area contributed by atoms with Crippen LogP contribution in [0.15, 0.2) is 24.3 Å². The average molecular weight is 328 g/mol. The molecule has 0 aliphatic carbocycles. The third-order valence-corrected chi connectivity index (χ3v) is 3.15. The number of benzene rings is 1. The quantitative estimate of drug-likeness (QED) is 0.346. The molecule has 7 nitrogen and oxygen atoms in total. The van der Waals surface area contributed by atoms with Gasteiger partial charge >= 0.3 is 0 Å². The zero-order chi connectivity index (χ0) is 17.5. The zero-order valence-electron chi connectivity index (χ0n) is 13.3. The van der Waals surface area contributed by atoms with Crippen molar-refractivity contribution in [2.45, 2.75) is 31.7 Å². The third kappa shape index (κ3) is 6.25. The van der Waals surface area contributed by atoms with Gasteiger partial charge in [0.1, 0.15) is 30.2 Å². The molecule has 0 spiro atoms. The van der Waals surface area contributed by atoms with Crippen molar-refractivity contribution < 1.29 is 34.7 Å². The van der Waals surface area contributed by atoms with E-state index in [1.54, 1.807) is 24.3 Å². The van der Waals surface area contributed by atoms with Crippen molar-refractivity contribution in [2.75, 3.05) is 26.4 Å². The molecule has 0 radical (unpaired) electrons. The molecule has 1 rings (SSSR count). The van der Waals surface area contributed by atoms with E-state index in [2.05, 4.69) is 0 Å². The molecule has 0 saturated heterocycles. The Labute approximate surface area is 135 Å². The number of hydrogen-bond donors (Lipinski definition) is 4. The third-order valence-electron chi connectivity index (χ3n) is 3.15. The van der Waals surface area contributed by atoms with E-state index in [4.69, 9.17) is 19.7 Å². The summed E-state index contributed by atoms with van der Waals surface area (Å²) in [5.41, 5.74) is -1.05. The molecule has 0 aliphatic heterocycles. The lowest BCUT2D eigenvalue weighted by Gasteiger charge is -2.19. The van der Waals surface area contributed by atoms with E-state index in [1.165, 1.54) is 13.8 Å². The number of hydrogen-bond acceptors (Lipinski definition) is 7. The number of aliphatic hydroxyl groups is 4. The summed E-state index contributed by atoms with van der Waals surface area (Å²) in [6.45, 7) is 2.24. The molecule has 1 aromatic rings. The second kappa shape index (κ2) is 8.95. The molecule has 0 aliphatic rings. The number of ether oxygens (including phenoxy) is 2. The van der Waals surface area contributed by atoms with Gasteiger partial charge in [-0.3, -0.25) is 4.79 Å². The second-order valence-electron chi connectivity index (χ2n) is 5.60. The van der Waals surface area contributed by atoms with Crippen LogP contribution in [0.3, 0.4) is 0 Å². The summed E-state index contributed by atoms with van der Waals surface area (Å²) in [5.74, 6) is 0.139. The summed E-state index contributed by atoms with van der Waals surface area (Å²) in [6.07, 6.45) is -2.01. The van der Waals surface area contributed by atoms with Gasteiger partial charge in [0.05, 0.1) is 19.8 Å². The molecular formula is C16H24O7. The topological polar surface area (TPSA) is 116 Å². The predicted octanol–water partition coefficient (Wildman–Crippen LogP) is -0.250. The van der Waals surface area contributed by atoms with Gasteiger partial charge in [-0.25, -0.2) is 0 Å². The van der Waals surface area contributed by atoms with Crippen molar-refractivity contribution in [1.29, 1.82) is 0 Å². The highest BCUT2D eigenvalue weighted by Gasteiger charge is 2.25. The van der Waals surface area contributed by atoms with E-state index in [-0.39, 0.29) is 19.0 Å². The fourth-order valence-electron chi connectivity index (χ4n) is 1.82. The number of aliphatic hydroxyl groups excluding tert-OH is 3. The van der Waals surface area contributed by atoms with Crippen LogP contribution >= 0.6 is 0 Å². The summed E-state index contributed by atoms with van der Waals surface area (Å²) >= 11 is 0. The summed E-state index contributed by atoms with van der Waals surface area (Å²) in [6, 6.07) is 6.32. The first kappa shape index (κ1) is 19.5. The highest BCUT2D eigenvalue weighted by Crippen LogP contribution is 2.17. The van der Waals surface area contributed by atoms with Crippen LogP contribution in [0.4, 0.5) is 0 Å². The molecule has 7 heteroatoms. The first-order chi connectivity index (χ1) is 10.8. The highest BCUT2D eigenvalue weighted by atomic mass is 16.5. The van der Waals surface area contributed by atoms with Crippen molar-refractivity contribution in [3.05, 3.63) is 29.8 Å². The van der Waals surface area contributed by atoms with E-state index < -0.39 is 31.0 Å². The highest BCUT2D eigenvalue weighted by molar-refractivity contribution is 6.01. The van der Waals surface area contributed by atoms with E-state index in [0.717, 1.165) is 0 Å². The molecule has 1 aromatic carbocycles. The van der Waals surface area contributed by atoms with Crippen LogP contribution in [-0.2, 0) is 4.74 Å². The van der Waals surface area contributed by atoms with Gasteiger partial charge in [0, 0.05) is 5.56 Å². The maximum Gasteiger partial charge on any atom is 0.193 e. The standard InChI is InChI=1S/C16H24O7/c1-16(2,21)15(20)11-3-5-12(6-4-11)22-7-8-23-14(10-18)13(19)9-17/h3-6,13-14,17-19,21H,7-10H2,1-2H3. The van der Waals surface area contributed by atoms with Crippen LogP contribution in [0.25, 0.3) is 0 Å². The van der Waals surface area contributed by atoms with Crippen molar-refractivity contribution >= 4 is 5.78 Å². The van der Waals surface area contributed by atoms with Crippen LogP contribution in [0.5, 0.6) is 5.75 Å². The summed E-state index contributed by atoms with van der Waals surface area (Å²) in [5, 5.41) is 36.8. The van der Waals surface area contributed by atoms with Gasteiger partial charge in [0.2, 0.25) is 0 Å². The fourth-order valence-corrected chi connectivity index (χ4v) is 1.82. The minimum Gasteiger partial charge on any atom is -0.491 e. The summed E-state index contributed by atoms with van der Waals surface area (Å²) < 4.78 is 10.6. The van der Waals surface area contributed by atoms with Gasteiger partial charge < -0.3 is 29.9 Å². The molecule has 0 heterocycles. The molecule has 0 aromatic heterocycles. The molecule has 2 unspecified atom stereocenters. The predicted molar refractivity (Wildman–Crippen MR) is 82.5 cm³/mol. The second-order valence-corrected chi connectivity index (χ2v) is 5.60. The van der Waals surface area contributed by atoms with Crippen LogP contribution in [0, 0.1) is 0 Å². The minimum absolute atomic E-state index is 0.118. The molecule has 2 atom stereocenters. The van der Waals surface area contributed by atoms with Gasteiger partial charge in [0.15, 0.2) is 5.78 Å². The first-order valence-corrected chi connectivity index (χ1v) is 7.31. The molecule has 0 bridgehead atoms. The summed E-state index contributed by atoms with van der Waals surface area (Å²) in [4.78, 5) is 11.9. The van der Waals surface area contributed by atoms with Crippen molar-refractivity contribution in [3.63, 3.8) is 0 Å². The average Bonchev–Trinajstić information content (AvgIpc) is 2.53. The Bertz CT molecular complexity index is 478. The molecule has 0 fully saturated rings. The number of Topliss-reactive ketones (excluding diaryl/α,β-unsaturated/α-hetero) is 1. The van der Waals surface area contributed by atoms with Crippen molar-refractivity contribution in [2.24, 2.45) is 0 Å². The molecular weight excluding hydrogens is 304 g/mol. The van der Waals surface area contributed by atoms with Gasteiger partial charge in [-0.15, -0.1) is 0 Å². The van der Waals surface area contributed by atoms with Crippen molar-refractivity contribution in [3.8, 4) is 5.75 Å². The number of rotatable bonds is 10. The Hall–Kier alpha value is -1.51. The summed E-state index contributed by atoms with van der Waals surface area (Å²) in [7, 11) is 0. The van der Waals surface area contributed by atoms with Gasteiger partial charge in [0.25, 0.3) is 0 Å². The van der Waals surface area contributed by atoms with Gasteiger partial charge in [-0.2, -0.15) is 0 Å². The van der Waals surface area contributed by atoms with E-state index in [0.29, 0.717) is 11.3 Å². The van der Waals surface area contributed by atoms with Gasteiger partial charge in [-0.1, -0.05) is 0 Å². The van der Waals surface area contributed by atoms with Crippen LogP contribution in [-0.4, -0.2) is 70.4 Å². The molecule has 0 saturated carbocycles.